The summed E-state index contributed by atoms with van der Waals surface area (Å²) < 4.78 is 0. The van der Waals surface area contributed by atoms with Gasteiger partial charge in [-0.3, -0.25) is 0 Å². The minimum Gasteiger partial charge on any atom is -0.0617 e. The normalized spacial score (nSPS) is 10.8. The molecule has 0 atom stereocenters. The average molecular weight is 232 g/mol. The first-order chi connectivity index (χ1) is 8.77. The summed E-state index contributed by atoms with van der Waals surface area (Å²) in [6, 6.07) is 21.6. The molecule has 0 radical (unpaired) electrons. The van der Waals surface area contributed by atoms with Gasteiger partial charge in [-0.05, 0) is 46.9 Å². The Balaban J connectivity index is 2.39. The molecule has 0 fully saturated rings. The summed E-state index contributed by atoms with van der Waals surface area (Å²) in [7, 11) is 0. The van der Waals surface area contributed by atoms with Crippen LogP contribution >= 0.6 is 0 Å². The Bertz CT molecular complexity index is 683. The first kappa shape index (κ1) is 11.0. The Morgan fingerprint density at radius 2 is 1.22 bits per heavy atom. The van der Waals surface area contributed by atoms with Crippen molar-refractivity contribution in [2.75, 3.05) is 0 Å². The van der Waals surface area contributed by atoms with E-state index in [0.717, 1.165) is 0 Å². The molecular weight excluding hydrogens is 216 g/mol. The lowest BCUT2D eigenvalue weighted by atomic mass is 9.92. The molecule has 3 rings (SSSR count). The molecule has 3 aromatic rings. The monoisotopic (exact) mass is 232 g/mol. The Labute approximate surface area is 108 Å². The van der Waals surface area contributed by atoms with E-state index in [1.54, 1.807) is 0 Å². The van der Waals surface area contributed by atoms with Gasteiger partial charge in [0.25, 0.3) is 0 Å². The number of hydrogen-bond donors (Lipinski definition) is 0. The van der Waals surface area contributed by atoms with Crippen molar-refractivity contribution in [2.24, 2.45) is 0 Å². The fraction of sp³-hybridized carbons (Fsp3) is 0.111. The van der Waals surface area contributed by atoms with Gasteiger partial charge in [-0.1, -0.05) is 60.7 Å². The third-order valence-electron chi connectivity index (χ3n) is 3.54. The Hall–Kier alpha value is -2.08. The van der Waals surface area contributed by atoms with Crippen LogP contribution in [0, 0.1) is 13.8 Å². The molecule has 0 N–H and O–H groups in total. The minimum absolute atomic E-state index is 1.30. The fourth-order valence-electron chi connectivity index (χ4n) is 2.68. The summed E-state index contributed by atoms with van der Waals surface area (Å²) in [6.07, 6.45) is 0. The summed E-state index contributed by atoms with van der Waals surface area (Å²) in [4.78, 5) is 0. The zero-order valence-electron chi connectivity index (χ0n) is 10.8. The maximum absolute atomic E-state index is 2.22. The molecule has 0 aromatic heterocycles. The molecule has 0 amide bonds. The van der Waals surface area contributed by atoms with Crippen molar-refractivity contribution in [1.82, 2.24) is 0 Å². The van der Waals surface area contributed by atoms with Crippen molar-refractivity contribution in [1.29, 1.82) is 0 Å². The molecule has 0 aliphatic heterocycles. The zero-order chi connectivity index (χ0) is 12.5. The van der Waals surface area contributed by atoms with E-state index in [-0.39, 0.29) is 0 Å². The van der Waals surface area contributed by atoms with Gasteiger partial charge in [0.1, 0.15) is 0 Å². The maximum Gasteiger partial charge on any atom is -0.0100 e. The van der Waals surface area contributed by atoms with E-state index in [0.29, 0.717) is 0 Å². The lowest BCUT2D eigenvalue weighted by molar-refractivity contribution is 1.38. The molecule has 0 aliphatic rings. The minimum atomic E-state index is 1.30. The summed E-state index contributed by atoms with van der Waals surface area (Å²) in [5.74, 6) is 0. The quantitative estimate of drug-likeness (QED) is 0.546. The topological polar surface area (TPSA) is 0 Å². The molecule has 18 heavy (non-hydrogen) atoms. The van der Waals surface area contributed by atoms with Gasteiger partial charge in [0, 0.05) is 0 Å². The van der Waals surface area contributed by atoms with Crippen LogP contribution in [0.25, 0.3) is 21.9 Å². The molecule has 0 heteroatoms. The van der Waals surface area contributed by atoms with Crippen molar-refractivity contribution < 1.29 is 0 Å². The second-order valence-corrected chi connectivity index (χ2v) is 4.79. The number of rotatable bonds is 1. The van der Waals surface area contributed by atoms with Gasteiger partial charge in [-0.25, -0.2) is 0 Å². The third kappa shape index (κ3) is 1.70. The second kappa shape index (κ2) is 4.30. The molecule has 0 saturated carbocycles. The van der Waals surface area contributed by atoms with Gasteiger partial charge < -0.3 is 0 Å². The van der Waals surface area contributed by atoms with E-state index in [4.69, 9.17) is 0 Å². The van der Waals surface area contributed by atoms with Crippen molar-refractivity contribution in [3.05, 3.63) is 71.8 Å². The lowest BCUT2D eigenvalue weighted by Gasteiger charge is -2.12. The van der Waals surface area contributed by atoms with Crippen LogP contribution in [0.1, 0.15) is 11.1 Å². The summed E-state index contributed by atoms with van der Waals surface area (Å²) in [5, 5.41) is 2.63. The van der Waals surface area contributed by atoms with Crippen molar-refractivity contribution in [3.63, 3.8) is 0 Å². The van der Waals surface area contributed by atoms with Gasteiger partial charge in [-0.15, -0.1) is 0 Å². The van der Waals surface area contributed by atoms with E-state index >= 15 is 0 Å². The van der Waals surface area contributed by atoms with E-state index in [1.165, 1.54) is 33.0 Å². The smallest absolute Gasteiger partial charge is 0.0100 e. The summed E-state index contributed by atoms with van der Waals surface area (Å²) in [6.45, 7) is 4.37. The van der Waals surface area contributed by atoms with Gasteiger partial charge in [0.05, 0.1) is 0 Å². The van der Waals surface area contributed by atoms with Crippen LogP contribution in [-0.2, 0) is 0 Å². The SMILES string of the molecule is Cc1cccc(C)c1-c1cccc2ccccc12. The first-order valence-electron chi connectivity index (χ1n) is 6.32. The predicted molar refractivity (Wildman–Crippen MR) is 78.9 cm³/mol. The molecule has 0 unspecified atom stereocenters. The van der Waals surface area contributed by atoms with Crippen LogP contribution < -0.4 is 0 Å². The number of aryl methyl sites for hydroxylation is 2. The molecule has 0 aliphatic carbocycles. The van der Waals surface area contributed by atoms with Gasteiger partial charge in [0.15, 0.2) is 0 Å². The standard InChI is InChI=1S/C18H16/c1-13-7-5-8-14(2)18(13)17-12-6-10-15-9-3-4-11-16(15)17/h3-12H,1-2H3. The van der Waals surface area contributed by atoms with Crippen LogP contribution in [0.2, 0.25) is 0 Å². The molecule has 0 nitrogen and oxygen atoms in total. The Morgan fingerprint density at radius 3 is 2.00 bits per heavy atom. The average Bonchev–Trinajstić information content (AvgIpc) is 2.39. The molecule has 0 bridgehead atoms. The van der Waals surface area contributed by atoms with E-state index in [2.05, 4.69) is 74.5 Å². The van der Waals surface area contributed by atoms with Crippen molar-refractivity contribution in [2.45, 2.75) is 13.8 Å². The molecule has 3 aromatic carbocycles. The highest BCUT2D eigenvalue weighted by Crippen LogP contribution is 2.32. The second-order valence-electron chi connectivity index (χ2n) is 4.79. The highest BCUT2D eigenvalue weighted by atomic mass is 14.1. The van der Waals surface area contributed by atoms with E-state index in [9.17, 15) is 0 Å². The summed E-state index contributed by atoms with van der Waals surface area (Å²) >= 11 is 0. The van der Waals surface area contributed by atoms with Crippen LogP contribution in [0.4, 0.5) is 0 Å². The van der Waals surface area contributed by atoms with Crippen molar-refractivity contribution >= 4 is 10.8 Å². The highest BCUT2D eigenvalue weighted by Gasteiger charge is 2.08. The first-order valence-corrected chi connectivity index (χ1v) is 6.32. The molecule has 0 spiro atoms. The number of benzene rings is 3. The predicted octanol–water partition coefficient (Wildman–Crippen LogP) is 5.12. The van der Waals surface area contributed by atoms with Gasteiger partial charge in [-0.2, -0.15) is 0 Å². The van der Waals surface area contributed by atoms with Crippen LogP contribution in [-0.4, -0.2) is 0 Å². The van der Waals surface area contributed by atoms with E-state index in [1.807, 2.05) is 0 Å². The van der Waals surface area contributed by atoms with Gasteiger partial charge >= 0.3 is 0 Å². The third-order valence-corrected chi connectivity index (χ3v) is 3.54. The molecule has 0 heterocycles. The zero-order valence-corrected chi connectivity index (χ0v) is 10.8. The van der Waals surface area contributed by atoms with Crippen LogP contribution in [0.5, 0.6) is 0 Å². The van der Waals surface area contributed by atoms with Crippen molar-refractivity contribution in [3.8, 4) is 11.1 Å². The fourth-order valence-corrected chi connectivity index (χ4v) is 2.68. The maximum atomic E-state index is 2.22. The van der Waals surface area contributed by atoms with E-state index < -0.39 is 0 Å². The Kier molecular flexibility index (Phi) is 2.64. The molecule has 88 valence electrons. The van der Waals surface area contributed by atoms with Crippen LogP contribution in [0.15, 0.2) is 60.7 Å². The highest BCUT2D eigenvalue weighted by molar-refractivity contribution is 5.97. The molecular formula is C18H16. The molecule has 0 saturated heterocycles. The number of fused-ring (bicyclic) bond motifs is 1. The summed E-state index contributed by atoms with van der Waals surface area (Å²) in [5.41, 5.74) is 5.38. The van der Waals surface area contributed by atoms with Gasteiger partial charge in [0.2, 0.25) is 0 Å². The number of hydrogen-bond acceptors (Lipinski definition) is 0. The Morgan fingerprint density at radius 1 is 0.611 bits per heavy atom. The largest absolute Gasteiger partial charge is 0.0617 e. The van der Waals surface area contributed by atoms with Crippen LogP contribution in [0.3, 0.4) is 0 Å². The lowest BCUT2D eigenvalue weighted by Crippen LogP contribution is -1.88.